The lowest BCUT2D eigenvalue weighted by atomic mass is 10.0. The van der Waals surface area contributed by atoms with Crippen LogP contribution in [0.25, 0.3) is 11.0 Å². The normalized spacial score (nSPS) is 12.7. The zero-order valence-electron chi connectivity index (χ0n) is 12.5. The Morgan fingerprint density at radius 2 is 1.95 bits per heavy atom. The zero-order valence-corrected chi connectivity index (χ0v) is 12.5. The van der Waals surface area contributed by atoms with Crippen molar-refractivity contribution in [2.24, 2.45) is 5.73 Å². The number of nitrogens with two attached hydrogens (primary N) is 1. The minimum atomic E-state index is -0.168. The summed E-state index contributed by atoms with van der Waals surface area (Å²) in [6, 6.07) is 4.15. The molecule has 0 radical (unpaired) electrons. The number of aryl methyl sites for hydroxylation is 3. The number of hydrogen-bond acceptors (Lipinski definition) is 3. The first-order chi connectivity index (χ1) is 9.41. The first-order valence-corrected chi connectivity index (χ1v) is 6.95. The molecule has 0 aliphatic carbocycles. The molecule has 1 atom stereocenters. The van der Waals surface area contributed by atoms with Gasteiger partial charge in [0.15, 0.2) is 5.76 Å². The minimum absolute atomic E-state index is 0.0801. The molecule has 1 amide bonds. The maximum atomic E-state index is 12.2. The van der Waals surface area contributed by atoms with Crippen molar-refractivity contribution in [3.05, 3.63) is 34.6 Å². The summed E-state index contributed by atoms with van der Waals surface area (Å²) in [6.45, 7) is 8.43. The standard InChI is InChI=1S/C16H22N2O2/c1-9-5-6-10(2)14-13(9)12(4)15(20-14)16(19)18-8-7-11(3)17/h5-6,11H,7-8,17H2,1-4H3,(H,18,19). The summed E-state index contributed by atoms with van der Waals surface area (Å²) in [7, 11) is 0. The summed E-state index contributed by atoms with van der Waals surface area (Å²) in [6.07, 6.45) is 0.753. The molecule has 2 aromatic rings. The summed E-state index contributed by atoms with van der Waals surface area (Å²) >= 11 is 0. The fourth-order valence-electron chi connectivity index (χ4n) is 2.39. The van der Waals surface area contributed by atoms with E-state index in [9.17, 15) is 4.79 Å². The van der Waals surface area contributed by atoms with Crippen molar-refractivity contribution in [1.29, 1.82) is 0 Å². The molecule has 1 unspecified atom stereocenters. The van der Waals surface area contributed by atoms with Gasteiger partial charge in [-0.2, -0.15) is 0 Å². The molecule has 0 aliphatic rings. The second-order valence-corrected chi connectivity index (χ2v) is 5.48. The summed E-state index contributed by atoms with van der Waals surface area (Å²) in [5.74, 6) is 0.236. The molecule has 0 aliphatic heterocycles. The Kier molecular flexibility index (Phi) is 4.14. The molecule has 0 saturated carbocycles. The third-order valence-corrected chi connectivity index (χ3v) is 3.57. The first-order valence-electron chi connectivity index (χ1n) is 6.95. The van der Waals surface area contributed by atoms with Gasteiger partial charge in [0, 0.05) is 23.5 Å². The average Bonchev–Trinajstić information content (AvgIpc) is 2.73. The van der Waals surface area contributed by atoms with Crippen LogP contribution in [0.15, 0.2) is 16.5 Å². The van der Waals surface area contributed by atoms with Gasteiger partial charge in [0.25, 0.3) is 5.91 Å². The highest BCUT2D eigenvalue weighted by Gasteiger charge is 2.19. The van der Waals surface area contributed by atoms with Crippen molar-refractivity contribution in [3.8, 4) is 0 Å². The minimum Gasteiger partial charge on any atom is -0.450 e. The summed E-state index contributed by atoms with van der Waals surface area (Å²) < 4.78 is 5.79. The highest BCUT2D eigenvalue weighted by molar-refractivity contribution is 6.00. The molecule has 0 bridgehead atoms. The van der Waals surface area contributed by atoms with E-state index in [0.29, 0.717) is 12.3 Å². The third kappa shape index (κ3) is 2.70. The predicted molar refractivity (Wildman–Crippen MR) is 81.0 cm³/mol. The van der Waals surface area contributed by atoms with Gasteiger partial charge in [-0.05, 0) is 45.2 Å². The van der Waals surface area contributed by atoms with E-state index in [1.807, 2.05) is 33.8 Å². The summed E-state index contributed by atoms with van der Waals surface area (Å²) in [5.41, 5.74) is 9.55. The molecular formula is C16H22N2O2. The van der Waals surface area contributed by atoms with Gasteiger partial charge >= 0.3 is 0 Å². The van der Waals surface area contributed by atoms with Crippen LogP contribution >= 0.6 is 0 Å². The Morgan fingerprint density at radius 1 is 1.30 bits per heavy atom. The largest absolute Gasteiger partial charge is 0.450 e. The van der Waals surface area contributed by atoms with Gasteiger partial charge in [0.1, 0.15) is 5.58 Å². The maximum absolute atomic E-state index is 12.2. The van der Waals surface area contributed by atoms with Crippen LogP contribution in [0.1, 0.15) is 40.6 Å². The zero-order chi connectivity index (χ0) is 14.9. The number of nitrogens with one attached hydrogen (secondary N) is 1. The van der Waals surface area contributed by atoms with Gasteiger partial charge in [-0.15, -0.1) is 0 Å². The Bertz CT molecular complexity index is 641. The quantitative estimate of drug-likeness (QED) is 0.900. The Morgan fingerprint density at radius 3 is 2.55 bits per heavy atom. The molecule has 0 spiro atoms. The Balaban J connectivity index is 2.31. The van der Waals surface area contributed by atoms with Crippen LogP contribution in [-0.2, 0) is 0 Å². The molecule has 0 saturated heterocycles. The van der Waals surface area contributed by atoms with E-state index in [1.165, 1.54) is 0 Å². The van der Waals surface area contributed by atoms with Crippen LogP contribution in [0, 0.1) is 20.8 Å². The number of carbonyl (C=O) groups is 1. The van der Waals surface area contributed by atoms with Crippen molar-refractivity contribution >= 4 is 16.9 Å². The molecule has 4 heteroatoms. The van der Waals surface area contributed by atoms with Crippen LogP contribution in [-0.4, -0.2) is 18.5 Å². The molecule has 2 rings (SSSR count). The van der Waals surface area contributed by atoms with Gasteiger partial charge in [0.2, 0.25) is 0 Å². The number of hydrogen-bond donors (Lipinski definition) is 2. The predicted octanol–water partition coefficient (Wildman–Crippen LogP) is 2.83. The summed E-state index contributed by atoms with van der Waals surface area (Å²) in [4.78, 5) is 12.2. The Hall–Kier alpha value is -1.81. The van der Waals surface area contributed by atoms with Crippen LogP contribution in [0.5, 0.6) is 0 Å². The van der Waals surface area contributed by atoms with E-state index >= 15 is 0 Å². The van der Waals surface area contributed by atoms with Crippen molar-refractivity contribution in [1.82, 2.24) is 5.32 Å². The molecule has 1 aromatic carbocycles. The first kappa shape index (κ1) is 14.6. The number of amides is 1. The monoisotopic (exact) mass is 274 g/mol. The van der Waals surface area contributed by atoms with E-state index in [-0.39, 0.29) is 11.9 Å². The molecular weight excluding hydrogens is 252 g/mol. The number of carbonyl (C=O) groups excluding carboxylic acids is 1. The van der Waals surface area contributed by atoms with Gasteiger partial charge in [0.05, 0.1) is 0 Å². The van der Waals surface area contributed by atoms with Crippen molar-refractivity contribution in [2.45, 2.75) is 40.2 Å². The lowest BCUT2D eigenvalue weighted by Crippen LogP contribution is -2.29. The van der Waals surface area contributed by atoms with Crippen LogP contribution < -0.4 is 11.1 Å². The van der Waals surface area contributed by atoms with Crippen molar-refractivity contribution in [2.75, 3.05) is 6.54 Å². The van der Waals surface area contributed by atoms with E-state index in [1.54, 1.807) is 0 Å². The average molecular weight is 274 g/mol. The molecule has 3 N–H and O–H groups in total. The van der Waals surface area contributed by atoms with E-state index in [0.717, 1.165) is 34.1 Å². The van der Waals surface area contributed by atoms with Gasteiger partial charge in [-0.1, -0.05) is 12.1 Å². The van der Waals surface area contributed by atoms with Gasteiger partial charge in [-0.3, -0.25) is 4.79 Å². The molecule has 0 fully saturated rings. The van der Waals surface area contributed by atoms with Crippen LogP contribution in [0.2, 0.25) is 0 Å². The second-order valence-electron chi connectivity index (χ2n) is 5.48. The van der Waals surface area contributed by atoms with Crippen LogP contribution in [0.3, 0.4) is 0 Å². The SMILES string of the molecule is Cc1ccc(C)c2c(C)c(C(=O)NCCC(C)N)oc12. The van der Waals surface area contributed by atoms with Gasteiger partial charge in [-0.25, -0.2) is 0 Å². The fourth-order valence-corrected chi connectivity index (χ4v) is 2.39. The highest BCUT2D eigenvalue weighted by Crippen LogP contribution is 2.30. The fraction of sp³-hybridized carbons (Fsp3) is 0.438. The van der Waals surface area contributed by atoms with Gasteiger partial charge < -0.3 is 15.5 Å². The number of furan rings is 1. The molecule has 108 valence electrons. The smallest absolute Gasteiger partial charge is 0.287 e. The number of fused-ring (bicyclic) bond motifs is 1. The van der Waals surface area contributed by atoms with E-state index in [4.69, 9.17) is 10.2 Å². The lowest BCUT2D eigenvalue weighted by Gasteiger charge is -2.06. The van der Waals surface area contributed by atoms with E-state index < -0.39 is 0 Å². The highest BCUT2D eigenvalue weighted by atomic mass is 16.3. The third-order valence-electron chi connectivity index (χ3n) is 3.57. The molecule has 1 heterocycles. The van der Waals surface area contributed by atoms with Crippen molar-refractivity contribution < 1.29 is 9.21 Å². The summed E-state index contributed by atoms with van der Waals surface area (Å²) in [5, 5.41) is 3.90. The van der Waals surface area contributed by atoms with E-state index in [2.05, 4.69) is 11.4 Å². The molecule has 4 nitrogen and oxygen atoms in total. The lowest BCUT2D eigenvalue weighted by molar-refractivity contribution is 0.0926. The topological polar surface area (TPSA) is 68.3 Å². The number of benzene rings is 1. The maximum Gasteiger partial charge on any atom is 0.287 e. The number of rotatable bonds is 4. The second kappa shape index (κ2) is 5.67. The molecule has 1 aromatic heterocycles. The van der Waals surface area contributed by atoms with Crippen LogP contribution in [0.4, 0.5) is 0 Å². The van der Waals surface area contributed by atoms with Crippen molar-refractivity contribution in [3.63, 3.8) is 0 Å². The molecule has 20 heavy (non-hydrogen) atoms. The Labute approximate surface area is 119 Å².